The van der Waals surface area contributed by atoms with E-state index in [1.54, 1.807) is 0 Å². The van der Waals surface area contributed by atoms with Gasteiger partial charge < -0.3 is 15.8 Å². The number of hydrogen-bond donors (Lipinski definition) is 2. The number of amides is 1. The molecule has 2 rings (SSSR count). The maximum absolute atomic E-state index is 12.2. The number of rotatable bonds is 3. The molecule has 2 atom stereocenters. The first-order chi connectivity index (χ1) is 8.51. The SMILES string of the molecule is CC(NC(=O)C1(C)CCCO1)c1cccc(N)c1. The highest BCUT2D eigenvalue weighted by molar-refractivity contribution is 5.85. The number of carbonyl (C=O) groups excluding carboxylic acids is 1. The van der Waals surface area contributed by atoms with E-state index in [0.29, 0.717) is 12.3 Å². The number of carbonyl (C=O) groups is 1. The maximum atomic E-state index is 12.2. The topological polar surface area (TPSA) is 64.3 Å². The first-order valence-electron chi connectivity index (χ1n) is 6.32. The van der Waals surface area contributed by atoms with Gasteiger partial charge in [-0.3, -0.25) is 4.79 Å². The van der Waals surface area contributed by atoms with E-state index in [-0.39, 0.29) is 11.9 Å². The zero-order chi connectivity index (χ0) is 13.2. The van der Waals surface area contributed by atoms with Gasteiger partial charge in [0.05, 0.1) is 6.04 Å². The van der Waals surface area contributed by atoms with E-state index in [2.05, 4.69) is 5.32 Å². The highest BCUT2D eigenvalue weighted by Gasteiger charge is 2.38. The van der Waals surface area contributed by atoms with Gasteiger partial charge in [0.2, 0.25) is 0 Å². The highest BCUT2D eigenvalue weighted by atomic mass is 16.5. The van der Waals surface area contributed by atoms with Crippen LogP contribution in [0.5, 0.6) is 0 Å². The molecule has 0 aromatic heterocycles. The molecule has 0 bridgehead atoms. The Morgan fingerprint density at radius 2 is 2.33 bits per heavy atom. The lowest BCUT2D eigenvalue weighted by Gasteiger charge is -2.25. The monoisotopic (exact) mass is 248 g/mol. The molecule has 1 saturated heterocycles. The van der Waals surface area contributed by atoms with Crippen LogP contribution in [0.15, 0.2) is 24.3 Å². The number of ether oxygens (including phenoxy) is 1. The number of hydrogen-bond acceptors (Lipinski definition) is 3. The van der Waals surface area contributed by atoms with E-state index in [1.807, 2.05) is 38.1 Å². The molecule has 18 heavy (non-hydrogen) atoms. The number of nitrogens with one attached hydrogen (secondary N) is 1. The molecule has 0 spiro atoms. The van der Waals surface area contributed by atoms with Gasteiger partial charge in [-0.1, -0.05) is 12.1 Å². The second kappa shape index (κ2) is 4.98. The molecule has 0 aliphatic carbocycles. The summed E-state index contributed by atoms with van der Waals surface area (Å²) in [5, 5.41) is 2.99. The Morgan fingerprint density at radius 1 is 1.56 bits per heavy atom. The zero-order valence-corrected chi connectivity index (χ0v) is 10.9. The summed E-state index contributed by atoms with van der Waals surface area (Å²) >= 11 is 0. The molecular formula is C14H20N2O2. The molecular weight excluding hydrogens is 228 g/mol. The predicted octanol–water partition coefficient (Wildman–Crippen LogP) is 2.02. The van der Waals surface area contributed by atoms with Crippen molar-refractivity contribution in [3.05, 3.63) is 29.8 Å². The molecule has 1 amide bonds. The summed E-state index contributed by atoms with van der Waals surface area (Å²) in [5.41, 5.74) is 6.78. The van der Waals surface area contributed by atoms with Gasteiger partial charge in [-0.25, -0.2) is 0 Å². The Bertz CT molecular complexity index is 439. The summed E-state index contributed by atoms with van der Waals surface area (Å²) in [6, 6.07) is 7.49. The number of nitrogens with two attached hydrogens (primary N) is 1. The summed E-state index contributed by atoms with van der Waals surface area (Å²) in [6.45, 7) is 4.46. The van der Waals surface area contributed by atoms with Crippen LogP contribution in [-0.2, 0) is 9.53 Å². The van der Waals surface area contributed by atoms with Crippen LogP contribution in [-0.4, -0.2) is 18.1 Å². The number of anilines is 1. The minimum Gasteiger partial charge on any atom is -0.399 e. The molecule has 1 aliphatic rings. The molecule has 1 fully saturated rings. The van der Waals surface area contributed by atoms with Gasteiger partial charge in [-0.2, -0.15) is 0 Å². The van der Waals surface area contributed by atoms with Crippen molar-refractivity contribution in [2.75, 3.05) is 12.3 Å². The fourth-order valence-corrected chi connectivity index (χ4v) is 2.22. The van der Waals surface area contributed by atoms with Gasteiger partial charge in [-0.05, 0) is 44.4 Å². The summed E-state index contributed by atoms with van der Waals surface area (Å²) < 4.78 is 5.53. The number of benzene rings is 1. The van der Waals surface area contributed by atoms with E-state index < -0.39 is 5.60 Å². The van der Waals surface area contributed by atoms with Gasteiger partial charge in [0.25, 0.3) is 5.91 Å². The average Bonchev–Trinajstić information content (AvgIpc) is 2.77. The van der Waals surface area contributed by atoms with Crippen LogP contribution in [0, 0.1) is 0 Å². The summed E-state index contributed by atoms with van der Waals surface area (Å²) in [5.74, 6) is -0.0464. The third-order valence-corrected chi connectivity index (χ3v) is 3.46. The summed E-state index contributed by atoms with van der Waals surface area (Å²) in [7, 11) is 0. The van der Waals surface area contributed by atoms with Crippen molar-refractivity contribution in [1.29, 1.82) is 0 Å². The average molecular weight is 248 g/mol. The van der Waals surface area contributed by atoms with Crippen LogP contribution in [0.3, 0.4) is 0 Å². The molecule has 4 heteroatoms. The minimum atomic E-state index is -0.672. The van der Waals surface area contributed by atoms with Crippen molar-refractivity contribution in [2.45, 2.75) is 38.3 Å². The van der Waals surface area contributed by atoms with E-state index in [0.717, 1.165) is 18.4 Å². The Labute approximate surface area is 108 Å². The fourth-order valence-electron chi connectivity index (χ4n) is 2.22. The fraction of sp³-hybridized carbons (Fsp3) is 0.500. The van der Waals surface area contributed by atoms with Gasteiger partial charge in [-0.15, -0.1) is 0 Å². The van der Waals surface area contributed by atoms with E-state index >= 15 is 0 Å². The van der Waals surface area contributed by atoms with Crippen LogP contribution in [0.1, 0.15) is 38.3 Å². The first kappa shape index (κ1) is 12.9. The highest BCUT2D eigenvalue weighted by Crippen LogP contribution is 2.26. The Morgan fingerprint density at radius 3 is 2.94 bits per heavy atom. The third kappa shape index (κ3) is 2.64. The van der Waals surface area contributed by atoms with Crippen molar-refractivity contribution in [2.24, 2.45) is 0 Å². The third-order valence-electron chi connectivity index (χ3n) is 3.46. The molecule has 0 saturated carbocycles. The maximum Gasteiger partial charge on any atom is 0.252 e. The molecule has 2 unspecified atom stereocenters. The van der Waals surface area contributed by atoms with E-state index in [4.69, 9.17) is 10.5 Å². The molecule has 3 N–H and O–H groups in total. The van der Waals surface area contributed by atoms with Crippen molar-refractivity contribution < 1.29 is 9.53 Å². The smallest absolute Gasteiger partial charge is 0.252 e. The molecule has 4 nitrogen and oxygen atoms in total. The molecule has 1 aliphatic heterocycles. The van der Waals surface area contributed by atoms with Gasteiger partial charge >= 0.3 is 0 Å². The lowest BCUT2D eigenvalue weighted by Crippen LogP contribution is -2.44. The molecule has 98 valence electrons. The zero-order valence-electron chi connectivity index (χ0n) is 10.9. The Kier molecular flexibility index (Phi) is 3.57. The standard InChI is InChI=1S/C14H20N2O2/c1-10(11-5-3-6-12(15)9-11)16-13(17)14(2)7-4-8-18-14/h3,5-6,9-10H,4,7-8,15H2,1-2H3,(H,16,17). The molecule has 1 aromatic rings. The van der Waals surface area contributed by atoms with Gasteiger partial charge in [0, 0.05) is 12.3 Å². The summed E-state index contributed by atoms with van der Waals surface area (Å²) in [4.78, 5) is 12.2. The summed E-state index contributed by atoms with van der Waals surface area (Å²) in [6.07, 6.45) is 1.72. The van der Waals surface area contributed by atoms with Crippen molar-refractivity contribution >= 4 is 11.6 Å². The van der Waals surface area contributed by atoms with Crippen LogP contribution in [0.2, 0.25) is 0 Å². The van der Waals surface area contributed by atoms with Crippen LogP contribution in [0.4, 0.5) is 5.69 Å². The van der Waals surface area contributed by atoms with E-state index in [9.17, 15) is 4.79 Å². The van der Waals surface area contributed by atoms with Crippen molar-refractivity contribution in [3.8, 4) is 0 Å². The molecule has 0 radical (unpaired) electrons. The van der Waals surface area contributed by atoms with Crippen molar-refractivity contribution in [1.82, 2.24) is 5.32 Å². The van der Waals surface area contributed by atoms with Gasteiger partial charge in [0.1, 0.15) is 5.60 Å². The second-order valence-electron chi connectivity index (χ2n) is 5.05. The number of nitrogen functional groups attached to an aromatic ring is 1. The Balaban J connectivity index is 2.03. The lowest BCUT2D eigenvalue weighted by molar-refractivity contribution is -0.140. The largest absolute Gasteiger partial charge is 0.399 e. The van der Waals surface area contributed by atoms with Crippen molar-refractivity contribution in [3.63, 3.8) is 0 Å². The van der Waals surface area contributed by atoms with Gasteiger partial charge in [0.15, 0.2) is 0 Å². The predicted molar refractivity (Wildman–Crippen MR) is 71.0 cm³/mol. The quantitative estimate of drug-likeness (QED) is 0.804. The minimum absolute atomic E-state index is 0.0464. The van der Waals surface area contributed by atoms with Crippen LogP contribution in [0.25, 0.3) is 0 Å². The molecule has 1 aromatic carbocycles. The van der Waals surface area contributed by atoms with Crippen LogP contribution >= 0.6 is 0 Å². The van der Waals surface area contributed by atoms with Crippen LogP contribution < -0.4 is 11.1 Å². The normalized spacial score (nSPS) is 24.8. The molecule has 1 heterocycles. The second-order valence-corrected chi connectivity index (χ2v) is 5.05. The lowest BCUT2D eigenvalue weighted by atomic mass is 10.0. The first-order valence-corrected chi connectivity index (χ1v) is 6.32. The van der Waals surface area contributed by atoms with E-state index in [1.165, 1.54) is 0 Å². The Hall–Kier alpha value is -1.55.